The number of hydrogen-bond donors (Lipinski definition) is 1. The first kappa shape index (κ1) is 31.3. The number of aryl methyl sites for hydroxylation is 1. The number of benzene rings is 2. The Labute approximate surface area is 260 Å². The molecule has 11 heteroatoms. The number of halogens is 2. The van der Waals surface area contributed by atoms with Gasteiger partial charge in [0.1, 0.15) is 22.9 Å². The van der Waals surface area contributed by atoms with Crippen molar-refractivity contribution in [1.29, 1.82) is 0 Å². The topological polar surface area (TPSA) is 101 Å². The number of hydrogen-bond acceptors (Lipinski definition) is 7. The SMILES string of the molecule is Cc1cccc(C(C)C)c1-n1c(=O)nc(N2CCN(C(=O)OC(C)(C)C)CC2C)c2cc(F)c(-c3cc(Cl)ccc3O)nc21. The van der Waals surface area contributed by atoms with Crippen LogP contribution >= 0.6 is 11.6 Å². The van der Waals surface area contributed by atoms with Gasteiger partial charge >= 0.3 is 11.8 Å². The Hall–Kier alpha value is -4.18. The second-order valence-corrected chi connectivity index (χ2v) is 13.0. The van der Waals surface area contributed by atoms with Crippen LogP contribution in [-0.2, 0) is 4.74 Å². The lowest BCUT2D eigenvalue weighted by molar-refractivity contribution is 0.0218. The van der Waals surface area contributed by atoms with Gasteiger partial charge in [-0.05, 0) is 75.9 Å². The monoisotopic (exact) mass is 621 g/mol. The molecule has 1 N–H and O–H groups in total. The number of phenolic OH excluding ortho intramolecular Hbond substituents is 1. The number of piperazine rings is 1. The molecule has 44 heavy (non-hydrogen) atoms. The molecule has 2 aromatic heterocycles. The number of aromatic nitrogens is 3. The van der Waals surface area contributed by atoms with Crippen molar-refractivity contribution in [3.8, 4) is 22.7 Å². The normalized spacial score (nSPS) is 15.7. The van der Waals surface area contributed by atoms with Crippen LogP contribution in [0.2, 0.25) is 5.02 Å². The molecule has 1 fully saturated rings. The van der Waals surface area contributed by atoms with Crippen molar-refractivity contribution in [2.45, 2.75) is 66.0 Å². The minimum absolute atomic E-state index is 0.0596. The zero-order valence-corrected chi connectivity index (χ0v) is 26.7. The summed E-state index contributed by atoms with van der Waals surface area (Å²) in [6, 6.07) is 11.1. The number of pyridine rings is 1. The summed E-state index contributed by atoms with van der Waals surface area (Å²) in [6.45, 7) is 14.3. The Morgan fingerprint density at radius 3 is 2.52 bits per heavy atom. The average molecular weight is 622 g/mol. The number of rotatable bonds is 4. The van der Waals surface area contributed by atoms with Crippen LogP contribution in [0.25, 0.3) is 28.0 Å². The number of carbonyl (C=O) groups excluding carboxylic acids is 1. The molecule has 9 nitrogen and oxygen atoms in total. The van der Waals surface area contributed by atoms with Gasteiger partial charge in [0.25, 0.3) is 0 Å². The maximum atomic E-state index is 16.0. The molecule has 1 aliphatic rings. The first-order chi connectivity index (χ1) is 20.7. The van der Waals surface area contributed by atoms with E-state index >= 15 is 4.39 Å². The Morgan fingerprint density at radius 1 is 1.14 bits per heavy atom. The van der Waals surface area contributed by atoms with Gasteiger partial charge in [-0.25, -0.2) is 23.5 Å². The van der Waals surface area contributed by atoms with E-state index in [9.17, 15) is 14.7 Å². The summed E-state index contributed by atoms with van der Waals surface area (Å²) in [5, 5.41) is 11.2. The van der Waals surface area contributed by atoms with Crippen LogP contribution in [0.3, 0.4) is 0 Å². The molecule has 0 bridgehead atoms. The molecular weight excluding hydrogens is 585 g/mol. The molecule has 1 aliphatic heterocycles. The standard InChI is InChI=1S/C33H37ClFN5O4/c1-18(2)22-10-8-9-19(3)28(22)40-30-24(16-25(35)27(36-30)23-15-21(34)11-12-26(23)41)29(37-31(40)42)39-14-13-38(17-20(39)4)32(43)44-33(5,6)7/h8-12,15-16,18,20,41H,13-14,17H2,1-7H3. The molecule has 232 valence electrons. The Kier molecular flexibility index (Phi) is 8.33. The number of ether oxygens (including phenoxy) is 1. The highest BCUT2D eigenvalue weighted by molar-refractivity contribution is 6.31. The van der Waals surface area contributed by atoms with Crippen molar-refractivity contribution in [3.63, 3.8) is 0 Å². The number of nitrogens with zero attached hydrogens (tertiary/aromatic N) is 5. The van der Waals surface area contributed by atoms with E-state index in [2.05, 4.69) is 4.98 Å². The predicted octanol–water partition coefficient (Wildman–Crippen LogP) is 6.82. The smallest absolute Gasteiger partial charge is 0.410 e. The summed E-state index contributed by atoms with van der Waals surface area (Å²) < 4.78 is 23.0. The van der Waals surface area contributed by atoms with Crippen LogP contribution in [-0.4, -0.2) is 61.9 Å². The zero-order valence-electron chi connectivity index (χ0n) is 26.0. The van der Waals surface area contributed by atoms with Crippen molar-refractivity contribution in [3.05, 3.63) is 74.9 Å². The number of anilines is 1. The number of aromatic hydroxyl groups is 1. The Bertz CT molecular complexity index is 1820. The molecule has 0 spiro atoms. The summed E-state index contributed by atoms with van der Waals surface area (Å²) in [5.74, 6) is -0.582. The average Bonchev–Trinajstić information content (AvgIpc) is 2.93. The second kappa shape index (κ2) is 11.7. The lowest BCUT2D eigenvalue weighted by Crippen LogP contribution is -2.55. The molecule has 3 heterocycles. The molecular formula is C33H37ClFN5O4. The molecule has 1 unspecified atom stereocenters. The summed E-state index contributed by atoms with van der Waals surface area (Å²) in [6.07, 6.45) is -0.420. The van der Waals surface area contributed by atoms with Crippen LogP contribution in [0.1, 0.15) is 58.6 Å². The van der Waals surface area contributed by atoms with E-state index in [0.717, 1.165) is 11.1 Å². The van der Waals surface area contributed by atoms with E-state index in [1.807, 2.05) is 71.6 Å². The van der Waals surface area contributed by atoms with E-state index < -0.39 is 23.2 Å². The molecule has 2 aromatic carbocycles. The van der Waals surface area contributed by atoms with Crippen molar-refractivity contribution in [2.24, 2.45) is 0 Å². The molecule has 5 rings (SSSR count). The highest BCUT2D eigenvalue weighted by Crippen LogP contribution is 2.37. The summed E-state index contributed by atoms with van der Waals surface area (Å²) in [5.41, 5.74) is 1.28. The van der Waals surface area contributed by atoms with E-state index in [1.54, 1.807) is 4.90 Å². The highest BCUT2D eigenvalue weighted by Gasteiger charge is 2.33. The Morgan fingerprint density at radius 2 is 1.86 bits per heavy atom. The van der Waals surface area contributed by atoms with Gasteiger partial charge in [0.05, 0.1) is 11.1 Å². The summed E-state index contributed by atoms with van der Waals surface area (Å²) >= 11 is 6.21. The van der Waals surface area contributed by atoms with E-state index in [-0.39, 0.29) is 40.4 Å². The second-order valence-electron chi connectivity index (χ2n) is 12.5. The van der Waals surface area contributed by atoms with Crippen LogP contribution in [0.5, 0.6) is 5.75 Å². The Balaban J connectivity index is 1.73. The van der Waals surface area contributed by atoms with E-state index in [0.29, 0.717) is 35.7 Å². The number of amides is 1. The zero-order chi connectivity index (χ0) is 32.1. The van der Waals surface area contributed by atoms with Gasteiger partial charge < -0.3 is 19.6 Å². The van der Waals surface area contributed by atoms with Gasteiger partial charge in [0.15, 0.2) is 11.5 Å². The van der Waals surface area contributed by atoms with Crippen LogP contribution in [0, 0.1) is 12.7 Å². The molecule has 4 aromatic rings. The highest BCUT2D eigenvalue weighted by atomic mass is 35.5. The molecule has 1 amide bonds. The van der Waals surface area contributed by atoms with Gasteiger partial charge in [-0.15, -0.1) is 0 Å². The predicted molar refractivity (Wildman–Crippen MR) is 171 cm³/mol. The van der Waals surface area contributed by atoms with Gasteiger partial charge in [0.2, 0.25) is 0 Å². The van der Waals surface area contributed by atoms with E-state index in [1.165, 1.54) is 28.8 Å². The van der Waals surface area contributed by atoms with Gasteiger partial charge in [-0.1, -0.05) is 43.6 Å². The van der Waals surface area contributed by atoms with Crippen molar-refractivity contribution >= 4 is 34.5 Å². The minimum Gasteiger partial charge on any atom is -0.507 e. The number of para-hydroxylation sites is 1. The molecule has 0 saturated carbocycles. The van der Waals surface area contributed by atoms with Gasteiger partial charge in [-0.2, -0.15) is 4.98 Å². The number of phenols is 1. The fourth-order valence-corrected chi connectivity index (χ4v) is 5.80. The van der Waals surface area contributed by atoms with Crippen molar-refractivity contribution in [1.82, 2.24) is 19.4 Å². The quantitative estimate of drug-likeness (QED) is 0.267. The van der Waals surface area contributed by atoms with Crippen LogP contribution in [0.15, 0.2) is 47.3 Å². The maximum absolute atomic E-state index is 16.0. The maximum Gasteiger partial charge on any atom is 0.410 e. The third-order valence-electron chi connectivity index (χ3n) is 7.68. The van der Waals surface area contributed by atoms with Crippen LogP contribution < -0.4 is 10.6 Å². The van der Waals surface area contributed by atoms with Crippen molar-refractivity contribution in [2.75, 3.05) is 24.5 Å². The first-order valence-electron chi connectivity index (χ1n) is 14.6. The summed E-state index contributed by atoms with van der Waals surface area (Å²) in [7, 11) is 0. The number of carbonyl (C=O) groups is 1. The lowest BCUT2D eigenvalue weighted by Gasteiger charge is -2.41. The lowest BCUT2D eigenvalue weighted by atomic mass is 9.98. The number of fused-ring (bicyclic) bond motifs is 1. The summed E-state index contributed by atoms with van der Waals surface area (Å²) in [4.78, 5) is 39.6. The third-order valence-corrected chi connectivity index (χ3v) is 7.92. The molecule has 0 radical (unpaired) electrons. The molecule has 1 atom stereocenters. The minimum atomic E-state index is -0.711. The van der Waals surface area contributed by atoms with Gasteiger partial charge in [0, 0.05) is 36.3 Å². The molecule has 1 saturated heterocycles. The van der Waals surface area contributed by atoms with E-state index in [4.69, 9.17) is 21.3 Å². The van der Waals surface area contributed by atoms with Crippen LogP contribution in [0.4, 0.5) is 15.0 Å². The van der Waals surface area contributed by atoms with Crippen molar-refractivity contribution < 1.29 is 19.0 Å². The third kappa shape index (κ3) is 5.95. The fraction of sp³-hybridized carbons (Fsp3) is 0.394. The first-order valence-corrected chi connectivity index (χ1v) is 15.0. The van der Waals surface area contributed by atoms with Gasteiger partial charge in [-0.3, -0.25) is 0 Å². The largest absolute Gasteiger partial charge is 0.507 e. The fourth-order valence-electron chi connectivity index (χ4n) is 5.63. The molecule has 0 aliphatic carbocycles.